The van der Waals surface area contributed by atoms with Gasteiger partial charge in [0, 0.05) is 19.6 Å². The van der Waals surface area contributed by atoms with Gasteiger partial charge in [0.25, 0.3) is 0 Å². The molecule has 2 aliphatic rings. The van der Waals surface area contributed by atoms with Gasteiger partial charge >= 0.3 is 0 Å². The highest BCUT2D eigenvalue weighted by Crippen LogP contribution is 2.46. The van der Waals surface area contributed by atoms with E-state index < -0.39 is 6.04 Å². The lowest BCUT2D eigenvalue weighted by molar-refractivity contribution is -0.137. The third-order valence-corrected chi connectivity index (χ3v) is 8.46. The van der Waals surface area contributed by atoms with Gasteiger partial charge < -0.3 is 9.64 Å². The largest absolute Gasteiger partial charge is 0.375 e. The highest BCUT2D eigenvalue weighted by Gasteiger charge is 2.42. The third kappa shape index (κ3) is 6.50. The van der Waals surface area contributed by atoms with Gasteiger partial charge in [-0.3, -0.25) is 10.1 Å². The summed E-state index contributed by atoms with van der Waals surface area (Å²) in [5.74, 6) is 0.112. The topological polar surface area (TPSA) is 41.6 Å². The summed E-state index contributed by atoms with van der Waals surface area (Å²) in [6, 6.07) is 24.0. The number of hydrogen-bond donors (Lipinski definition) is 1. The van der Waals surface area contributed by atoms with E-state index in [1.54, 1.807) is 6.07 Å². The molecule has 1 atom stereocenters. The molecule has 1 fully saturated rings. The minimum absolute atomic E-state index is 0. The van der Waals surface area contributed by atoms with Crippen LogP contribution in [-0.4, -0.2) is 36.5 Å². The number of aryl methyl sites for hydroxylation is 1. The Morgan fingerprint density at radius 2 is 1.65 bits per heavy atom. The van der Waals surface area contributed by atoms with Crippen LogP contribution in [-0.2, 0) is 34.5 Å². The van der Waals surface area contributed by atoms with Gasteiger partial charge in [-0.1, -0.05) is 83.9 Å². The lowest BCUT2D eigenvalue weighted by Crippen LogP contribution is -2.52. The number of hydrogen-bond acceptors (Lipinski definition) is 3. The minimum atomic E-state index is -0.419. The number of benzene rings is 3. The van der Waals surface area contributed by atoms with Crippen molar-refractivity contribution in [2.24, 2.45) is 0 Å². The number of halogens is 3. The van der Waals surface area contributed by atoms with E-state index in [2.05, 4.69) is 41.7 Å². The zero-order chi connectivity index (χ0) is 25.0. The summed E-state index contributed by atoms with van der Waals surface area (Å²) in [4.78, 5) is 15.7. The van der Waals surface area contributed by atoms with Crippen LogP contribution in [0.2, 0.25) is 10.0 Å². The zero-order valence-electron chi connectivity index (χ0n) is 20.8. The van der Waals surface area contributed by atoms with Crippen molar-refractivity contribution in [3.63, 3.8) is 0 Å². The number of nitrogens with one attached hydrogen (secondary N) is 1. The first-order chi connectivity index (χ1) is 17.5. The summed E-state index contributed by atoms with van der Waals surface area (Å²) in [6.07, 6.45) is 4.38. The monoisotopic (exact) mass is 558 g/mol. The van der Waals surface area contributed by atoms with Gasteiger partial charge in [0.2, 0.25) is 5.91 Å². The standard InChI is InChI=1S/C30H32Cl2N2O2.ClH/c31-26-11-10-23(18-27(26)32)20-36-21-28(33-19-22-6-2-1-3-7-22)29(35)34-16-14-30(15-17-34)13-12-24-8-4-5-9-25(24)30;/h1-11,18,28,33H,12-17,19-21H2;1H/t28-;/m0./s1. The Hall–Kier alpha value is -2.08. The van der Waals surface area contributed by atoms with Crippen molar-refractivity contribution < 1.29 is 9.53 Å². The van der Waals surface area contributed by atoms with E-state index in [-0.39, 0.29) is 30.3 Å². The van der Waals surface area contributed by atoms with Crippen LogP contribution in [0.15, 0.2) is 72.8 Å². The molecule has 1 aliphatic carbocycles. The molecular weight excluding hydrogens is 527 g/mol. The molecule has 1 heterocycles. The molecule has 196 valence electrons. The van der Waals surface area contributed by atoms with Crippen molar-refractivity contribution in [3.8, 4) is 0 Å². The molecule has 5 rings (SSSR count). The van der Waals surface area contributed by atoms with Gasteiger partial charge in [-0.25, -0.2) is 0 Å². The number of rotatable bonds is 8. The van der Waals surface area contributed by atoms with Crippen LogP contribution in [0.5, 0.6) is 0 Å². The molecule has 0 radical (unpaired) electrons. The van der Waals surface area contributed by atoms with Crippen LogP contribution < -0.4 is 5.32 Å². The second kappa shape index (κ2) is 12.6. The predicted molar refractivity (Wildman–Crippen MR) is 153 cm³/mol. The van der Waals surface area contributed by atoms with Crippen molar-refractivity contribution in [1.29, 1.82) is 0 Å². The second-order valence-corrected chi connectivity index (χ2v) is 10.8. The SMILES string of the molecule is Cl.O=C([C@H](COCc1ccc(Cl)c(Cl)c1)NCc1ccccc1)N1CCC2(CCc3ccccc32)CC1. The maximum absolute atomic E-state index is 13.7. The Morgan fingerprint density at radius 1 is 0.919 bits per heavy atom. The lowest BCUT2D eigenvalue weighted by Gasteiger charge is -2.41. The number of nitrogens with zero attached hydrogens (tertiary/aromatic N) is 1. The van der Waals surface area contributed by atoms with E-state index in [1.165, 1.54) is 17.5 Å². The molecule has 0 bridgehead atoms. The molecule has 1 saturated heterocycles. The van der Waals surface area contributed by atoms with Gasteiger partial charge in [0.15, 0.2) is 0 Å². The average molecular weight is 560 g/mol. The van der Waals surface area contributed by atoms with E-state index >= 15 is 0 Å². The Labute approximate surface area is 235 Å². The molecule has 1 aliphatic heterocycles. The first-order valence-corrected chi connectivity index (χ1v) is 13.5. The molecule has 1 amide bonds. The molecular formula is C30H33Cl3N2O2. The van der Waals surface area contributed by atoms with E-state index in [9.17, 15) is 4.79 Å². The van der Waals surface area contributed by atoms with Crippen LogP contribution in [0.3, 0.4) is 0 Å². The van der Waals surface area contributed by atoms with Crippen molar-refractivity contribution in [2.45, 2.75) is 50.3 Å². The summed E-state index contributed by atoms with van der Waals surface area (Å²) in [7, 11) is 0. The molecule has 1 spiro atoms. The summed E-state index contributed by atoms with van der Waals surface area (Å²) in [5.41, 5.74) is 5.28. The first kappa shape index (κ1) is 27.9. The van der Waals surface area contributed by atoms with Gasteiger partial charge in [0.1, 0.15) is 6.04 Å². The highest BCUT2D eigenvalue weighted by molar-refractivity contribution is 6.42. The number of fused-ring (bicyclic) bond motifs is 2. The maximum atomic E-state index is 13.7. The fourth-order valence-electron chi connectivity index (χ4n) is 5.64. The number of piperidine rings is 1. The molecule has 3 aromatic carbocycles. The van der Waals surface area contributed by atoms with Gasteiger partial charge in [-0.15, -0.1) is 12.4 Å². The summed E-state index contributed by atoms with van der Waals surface area (Å²) in [5, 5.41) is 4.48. The molecule has 0 unspecified atom stereocenters. The smallest absolute Gasteiger partial charge is 0.242 e. The Bertz CT molecular complexity index is 1200. The van der Waals surface area contributed by atoms with E-state index in [4.69, 9.17) is 27.9 Å². The average Bonchev–Trinajstić information content (AvgIpc) is 3.26. The quantitative estimate of drug-likeness (QED) is 0.338. The molecule has 0 aromatic heterocycles. The van der Waals surface area contributed by atoms with Gasteiger partial charge in [0.05, 0.1) is 23.3 Å². The Balaban J connectivity index is 0.00000320. The molecule has 7 heteroatoms. The predicted octanol–water partition coefficient (Wildman–Crippen LogP) is 6.60. The number of amides is 1. The van der Waals surface area contributed by atoms with E-state index in [0.717, 1.165) is 43.5 Å². The summed E-state index contributed by atoms with van der Waals surface area (Å²) < 4.78 is 6.01. The fourth-order valence-corrected chi connectivity index (χ4v) is 5.96. The number of carbonyl (C=O) groups excluding carboxylic acids is 1. The number of ether oxygens (including phenoxy) is 1. The Kier molecular flexibility index (Phi) is 9.55. The molecule has 1 N–H and O–H groups in total. The van der Waals surface area contributed by atoms with Gasteiger partial charge in [-0.05, 0) is 65.5 Å². The maximum Gasteiger partial charge on any atom is 0.242 e. The van der Waals surface area contributed by atoms with Crippen LogP contribution in [0.25, 0.3) is 0 Å². The summed E-state index contributed by atoms with van der Waals surface area (Å²) >= 11 is 12.2. The zero-order valence-corrected chi connectivity index (χ0v) is 23.1. The van der Waals surface area contributed by atoms with Crippen molar-refractivity contribution in [2.75, 3.05) is 19.7 Å². The van der Waals surface area contributed by atoms with E-state index in [0.29, 0.717) is 23.2 Å². The van der Waals surface area contributed by atoms with Crippen LogP contribution in [0.4, 0.5) is 0 Å². The summed E-state index contributed by atoms with van der Waals surface area (Å²) in [6.45, 7) is 2.83. The molecule has 4 nitrogen and oxygen atoms in total. The first-order valence-electron chi connectivity index (χ1n) is 12.7. The van der Waals surface area contributed by atoms with Crippen molar-refractivity contribution in [1.82, 2.24) is 10.2 Å². The molecule has 3 aromatic rings. The highest BCUT2D eigenvalue weighted by atomic mass is 35.5. The van der Waals surface area contributed by atoms with Crippen LogP contribution in [0, 0.1) is 0 Å². The normalized spacial score (nSPS) is 16.8. The second-order valence-electron chi connectivity index (χ2n) is 9.95. The van der Waals surface area contributed by atoms with Crippen LogP contribution >= 0.6 is 35.6 Å². The van der Waals surface area contributed by atoms with Gasteiger partial charge in [-0.2, -0.15) is 0 Å². The fraction of sp³-hybridized carbons (Fsp3) is 0.367. The van der Waals surface area contributed by atoms with E-state index in [1.807, 2.05) is 35.2 Å². The van der Waals surface area contributed by atoms with Crippen LogP contribution in [0.1, 0.15) is 41.5 Å². The minimum Gasteiger partial charge on any atom is -0.375 e. The lowest BCUT2D eigenvalue weighted by atomic mass is 9.74. The third-order valence-electron chi connectivity index (χ3n) is 7.72. The molecule has 0 saturated carbocycles. The van der Waals surface area contributed by atoms with Crippen molar-refractivity contribution in [3.05, 3.63) is 105 Å². The number of likely N-dealkylation sites (tertiary alicyclic amines) is 1. The van der Waals surface area contributed by atoms with Crippen molar-refractivity contribution >= 4 is 41.5 Å². The molecule has 37 heavy (non-hydrogen) atoms. The Morgan fingerprint density at radius 3 is 2.41 bits per heavy atom. The number of carbonyl (C=O) groups is 1.